The molecular weight excluding hydrogens is 420 g/mol. The molecule has 3 rings (SSSR count). The van der Waals surface area contributed by atoms with E-state index in [0.717, 1.165) is 43.2 Å². The first kappa shape index (κ1) is 20.4. The highest BCUT2D eigenvalue weighted by Gasteiger charge is 2.20. The Morgan fingerprint density at radius 2 is 1.93 bits per heavy atom. The molecule has 1 aliphatic rings. The van der Waals surface area contributed by atoms with E-state index in [4.69, 9.17) is 4.74 Å². The molecule has 0 unspecified atom stereocenters. The first-order valence-corrected chi connectivity index (χ1v) is 10.5. The van der Waals surface area contributed by atoms with Crippen molar-refractivity contribution in [3.63, 3.8) is 0 Å². The largest absolute Gasteiger partial charge is 0.493 e. The Morgan fingerprint density at radius 3 is 2.68 bits per heavy atom. The summed E-state index contributed by atoms with van der Waals surface area (Å²) in [6.07, 6.45) is 4.05. The average Bonchev–Trinajstić information content (AvgIpc) is 3.23. The van der Waals surface area contributed by atoms with E-state index in [1.807, 2.05) is 11.0 Å². The number of likely N-dealkylation sites (tertiary alicyclic amines) is 1. The van der Waals surface area contributed by atoms with E-state index >= 15 is 0 Å². The fourth-order valence-corrected chi connectivity index (χ4v) is 3.52. The lowest BCUT2D eigenvalue weighted by Crippen LogP contribution is -2.27. The highest BCUT2D eigenvalue weighted by Crippen LogP contribution is 2.25. The second-order valence-corrected chi connectivity index (χ2v) is 7.79. The highest BCUT2D eigenvalue weighted by atomic mass is 79.9. The number of rotatable bonds is 7. The molecule has 1 fully saturated rings. The van der Waals surface area contributed by atoms with Gasteiger partial charge in [0.1, 0.15) is 5.75 Å². The van der Waals surface area contributed by atoms with Crippen LogP contribution in [0.5, 0.6) is 5.75 Å². The minimum atomic E-state index is -0.265. The van der Waals surface area contributed by atoms with Crippen LogP contribution >= 0.6 is 15.9 Å². The maximum Gasteiger partial charge on any atom is 0.259 e. The Hall–Kier alpha value is -2.34. The molecule has 0 aromatic heterocycles. The number of benzene rings is 2. The quantitative estimate of drug-likeness (QED) is 0.603. The molecule has 1 aliphatic heterocycles. The zero-order valence-electron chi connectivity index (χ0n) is 16.0. The van der Waals surface area contributed by atoms with Crippen molar-refractivity contribution >= 4 is 33.4 Å². The van der Waals surface area contributed by atoms with Crippen LogP contribution in [-0.4, -0.2) is 36.4 Å². The van der Waals surface area contributed by atoms with E-state index in [9.17, 15) is 9.59 Å². The molecule has 2 aromatic rings. The second-order valence-electron chi connectivity index (χ2n) is 6.88. The van der Waals surface area contributed by atoms with Crippen LogP contribution in [0.3, 0.4) is 0 Å². The molecule has 1 N–H and O–H groups in total. The van der Waals surface area contributed by atoms with Crippen LogP contribution in [-0.2, 0) is 0 Å². The number of hydrogen-bond acceptors (Lipinski definition) is 3. The van der Waals surface area contributed by atoms with Crippen molar-refractivity contribution in [1.29, 1.82) is 0 Å². The number of nitrogens with zero attached hydrogens (tertiary/aromatic N) is 1. The van der Waals surface area contributed by atoms with Crippen LogP contribution in [0.2, 0.25) is 0 Å². The van der Waals surface area contributed by atoms with Gasteiger partial charge in [0, 0.05) is 28.8 Å². The molecule has 1 heterocycles. The Morgan fingerprint density at radius 1 is 1.14 bits per heavy atom. The summed E-state index contributed by atoms with van der Waals surface area (Å²) in [6.45, 7) is 4.26. The number of anilines is 1. The summed E-state index contributed by atoms with van der Waals surface area (Å²) in [5.74, 6) is 0.302. The smallest absolute Gasteiger partial charge is 0.259 e. The lowest BCUT2D eigenvalue weighted by atomic mass is 10.1. The highest BCUT2D eigenvalue weighted by molar-refractivity contribution is 9.10. The molecular formula is C22H25BrN2O3. The minimum absolute atomic E-state index is 0.0136. The van der Waals surface area contributed by atoms with Gasteiger partial charge in [-0.15, -0.1) is 0 Å². The predicted octanol–water partition coefficient (Wildman–Crippen LogP) is 5.12. The third-order valence-corrected chi connectivity index (χ3v) is 5.20. The Bertz CT molecular complexity index is 847. The first-order chi connectivity index (χ1) is 13.6. The van der Waals surface area contributed by atoms with Crippen LogP contribution in [0, 0.1) is 0 Å². The number of carbonyl (C=O) groups excluding carboxylic acids is 2. The van der Waals surface area contributed by atoms with Gasteiger partial charge in [0.2, 0.25) is 0 Å². The molecule has 2 amide bonds. The molecule has 0 atom stereocenters. The molecule has 1 saturated heterocycles. The van der Waals surface area contributed by atoms with E-state index < -0.39 is 0 Å². The van der Waals surface area contributed by atoms with Crippen molar-refractivity contribution in [3.05, 3.63) is 58.1 Å². The van der Waals surface area contributed by atoms with Gasteiger partial charge >= 0.3 is 0 Å². The maximum atomic E-state index is 12.8. The van der Waals surface area contributed by atoms with E-state index in [1.165, 1.54) is 0 Å². The summed E-state index contributed by atoms with van der Waals surface area (Å²) < 4.78 is 6.58. The van der Waals surface area contributed by atoms with Gasteiger partial charge in [-0.3, -0.25) is 9.59 Å². The Kier molecular flexibility index (Phi) is 7.09. The maximum absolute atomic E-state index is 12.8. The predicted molar refractivity (Wildman–Crippen MR) is 114 cm³/mol. The van der Waals surface area contributed by atoms with Crippen LogP contribution in [0.25, 0.3) is 0 Å². The zero-order chi connectivity index (χ0) is 19.9. The molecule has 28 heavy (non-hydrogen) atoms. The van der Waals surface area contributed by atoms with Gasteiger partial charge in [-0.25, -0.2) is 0 Å². The number of nitrogens with one attached hydrogen (secondary N) is 1. The third-order valence-electron chi connectivity index (χ3n) is 4.70. The van der Waals surface area contributed by atoms with Crippen molar-refractivity contribution in [2.24, 2.45) is 0 Å². The monoisotopic (exact) mass is 444 g/mol. The third kappa shape index (κ3) is 5.13. The van der Waals surface area contributed by atoms with Crippen molar-refractivity contribution in [3.8, 4) is 5.75 Å². The van der Waals surface area contributed by atoms with Crippen LogP contribution in [0.4, 0.5) is 5.69 Å². The summed E-state index contributed by atoms with van der Waals surface area (Å²) in [7, 11) is 0. The van der Waals surface area contributed by atoms with Gasteiger partial charge in [-0.05, 0) is 55.7 Å². The van der Waals surface area contributed by atoms with Gasteiger partial charge < -0.3 is 15.0 Å². The molecule has 0 saturated carbocycles. The number of halogens is 1. The SMILES string of the molecule is CCCCOc1ccc(Br)cc1C(=O)Nc1cccc(C(=O)N2CCCC2)c1. The van der Waals surface area contributed by atoms with E-state index in [2.05, 4.69) is 28.2 Å². The van der Waals surface area contributed by atoms with Crippen molar-refractivity contribution in [1.82, 2.24) is 4.90 Å². The van der Waals surface area contributed by atoms with Crippen molar-refractivity contribution < 1.29 is 14.3 Å². The number of amides is 2. The summed E-state index contributed by atoms with van der Waals surface area (Å²) in [5.41, 5.74) is 1.64. The Labute approximate surface area is 174 Å². The van der Waals surface area contributed by atoms with Crippen molar-refractivity contribution in [2.75, 3.05) is 25.0 Å². The van der Waals surface area contributed by atoms with Gasteiger partial charge in [0.15, 0.2) is 0 Å². The fraction of sp³-hybridized carbons (Fsp3) is 0.364. The Balaban J connectivity index is 1.75. The number of hydrogen-bond donors (Lipinski definition) is 1. The molecule has 5 nitrogen and oxygen atoms in total. The molecule has 0 bridgehead atoms. The fourth-order valence-electron chi connectivity index (χ4n) is 3.16. The van der Waals surface area contributed by atoms with Gasteiger partial charge in [0.05, 0.1) is 12.2 Å². The summed E-state index contributed by atoms with van der Waals surface area (Å²) in [6, 6.07) is 12.5. The standard InChI is InChI=1S/C22H25BrN2O3/c1-2-3-13-28-20-10-9-17(23)15-19(20)21(26)24-18-8-6-7-16(14-18)22(27)25-11-4-5-12-25/h6-10,14-15H,2-5,11-13H2,1H3,(H,24,26). The number of unbranched alkanes of at least 4 members (excludes halogenated alkanes) is 1. The lowest BCUT2D eigenvalue weighted by molar-refractivity contribution is 0.0792. The van der Waals surface area contributed by atoms with E-state index in [1.54, 1.807) is 36.4 Å². The molecule has 0 spiro atoms. The van der Waals surface area contributed by atoms with Crippen LogP contribution < -0.4 is 10.1 Å². The van der Waals surface area contributed by atoms with Crippen molar-refractivity contribution in [2.45, 2.75) is 32.6 Å². The van der Waals surface area contributed by atoms with Crippen LogP contribution in [0.15, 0.2) is 46.9 Å². The van der Waals surface area contributed by atoms with Gasteiger partial charge in [0.25, 0.3) is 11.8 Å². The topological polar surface area (TPSA) is 58.6 Å². The molecule has 0 aliphatic carbocycles. The normalized spacial score (nSPS) is 13.4. The van der Waals surface area contributed by atoms with Crippen LogP contribution in [0.1, 0.15) is 53.3 Å². The molecule has 2 aromatic carbocycles. The molecule has 6 heteroatoms. The number of ether oxygens (including phenoxy) is 1. The zero-order valence-corrected chi connectivity index (χ0v) is 17.6. The van der Waals surface area contributed by atoms with E-state index in [0.29, 0.717) is 29.2 Å². The molecule has 0 radical (unpaired) electrons. The first-order valence-electron chi connectivity index (χ1n) is 9.71. The van der Waals surface area contributed by atoms with E-state index in [-0.39, 0.29) is 11.8 Å². The molecule has 148 valence electrons. The summed E-state index contributed by atoms with van der Waals surface area (Å²) >= 11 is 3.41. The summed E-state index contributed by atoms with van der Waals surface area (Å²) in [5, 5.41) is 2.89. The summed E-state index contributed by atoms with van der Waals surface area (Å²) in [4.78, 5) is 27.3. The van der Waals surface area contributed by atoms with Gasteiger partial charge in [-0.2, -0.15) is 0 Å². The lowest BCUT2D eigenvalue weighted by Gasteiger charge is -2.16. The minimum Gasteiger partial charge on any atom is -0.493 e. The average molecular weight is 445 g/mol. The van der Waals surface area contributed by atoms with Gasteiger partial charge in [-0.1, -0.05) is 35.3 Å². The second kappa shape index (κ2) is 9.73. The number of carbonyl (C=O) groups is 2.